The van der Waals surface area contributed by atoms with Crippen molar-refractivity contribution in [1.29, 1.82) is 0 Å². The van der Waals surface area contributed by atoms with Crippen molar-refractivity contribution < 1.29 is 77.5 Å². The van der Waals surface area contributed by atoms with Crippen LogP contribution in [0.15, 0.2) is 84.4 Å². The Morgan fingerprint density at radius 1 is 0.756 bits per heavy atom. The number of ether oxygens (including phenoxy) is 8. The van der Waals surface area contributed by atoms with Gasteiger partial charge < -0.3 is 69.0 Å². The normalized spacial score (nSPS) is 34.0. The number of hydrogen-bond acceptors (Lipinski definition) is 16. The first-order valence-corrected chi connectivity index (χ1v) is 31.7. The second-order valence-corrected chi connectivity index (χ2v) is 26.5. The summed E-state index contributed by atoms with van der Waals surface area (Å²) in [7, 11) is 1.50. The van der Waals surface area contributed by atoms with E-state index in [0.717, 1.165) is 60.8 Å². The Balaban J connectivity index is 0.753. The number of carbonyl (C=O) groups is 4. The number of alkyl carbamates (subject to hydrolysis) is 2. The van der Waals surface area contributed by atoms with Gasteiger partial charge in [0.25, 0.3) is 0 Å². The molecule has 2 heterocycles. The zero-order valence-electron chi connectivity index (χ0n) is 51.2. The lowest BCUT2D eigenvalue weighted by atomic mass is 9.46. The molecular formula is C68H92N2O16. The third kappa shape index (κ3) is 12.9. The highest BCUT2D eigenvalue weighted by Crippen LogP contribution is 2.69. The lowest BCUT2D eigenvalue weighted by Crippen LogP contribution is -2.62. The number of allylic oxidation sites excluding steroid dienone is 1. The summed E-state index contributed by atoms with van der Waals surface area (Å²) >= 11 is 0. The van der Waals surface area contributed by atoms with E-state index >= 15 is 0 Å². The molecule has 5 fully saturated rings. The Hall–Kier alpha value is -5.44. The number of rotatable bonds is 22. The van der Waals surface area contributed by atoms with Crippen molar-refractivity contribution in [2.75, 3.05) is 40.0 Å². The molecule has 10 rings (SSSR count). The zero-order valence-corrected chi connectivity index (χ0v) is 51.2. The minimum atomic E-state index is -1.65. The van der Waals surface area contributed by atoms with Gasteiger partial charge in [-0.1, -0.05) is 115 Å². The topological polar surface area (TPSA) is 247 Å². The number of aliphatic hydroxyl groups excluding tert-OH is 3. The first kappa shape index (κ1) is 63.6. The molecule has 0 spiro atoms. The summed E-state index contributed by atoms with van der Waals surface area (Å²) in [5.74, 6) is -0.978. The van der Waals surface area contributed by atoms with Gasteiger partial charge in [0.15, 0.2) is 24.8 Å². The number of unbranched alkanes of at least 4 members (excludes halogenated alkanes) is 3. The van der Waals surface area contributed by atoms with Crippen LogP contribution in [0.3, 0.4) is 0 Å². The van der Waals surface area contributed by atoms with Crippen LogP contribution >= 0.6 is 0 Å². The number of amides is 2. The van der Waals surface area contributed by atoms with Crippen molar-refractivity contribution in [3.8, 4) is 16.9 Å². The monoisotopic (exact) mass is 1190 g/mol. The molecule has 0 radical (unpaired) electrons. The van der Waals surface area contributed by atoms with Crippen LogP contribution in [0.5, 0.6) is 5.75 Å². The fraction of sp³-hybridized carbons (Fsp3) is 0.647. The largest absolute Gasteiger partial charge is 0.497 e. The molecule has 17 atom stereocenters. The van der Waals surface area contributed by atoms with Gasteiger partial charge in [0, 0.05) is 42.7 Å². The Kier molecular flexibility index (Phi) is 20.0. The van der Waals surface area contributed by atoms with Crippen LogP contribution in [-0.2, 0) is 38.0 Å². The lowest BCUT2D eigenvalue weighted by molar-refractivity contribution is -0.333. The van der Waals surface area contributed by atoms with E-state index in [1.165, 1.54) is 24.8 Å². The molecule has 9 unspecified atom stereocenters. The average molecular weight is 1190 g/mol. The predicted molar refractivity (Wildman–Crippen MR) is 319 cm³/mol. The first-order valence-electron chi connectivity index (χ1n) is 31.7. The van der Waals surface area contributed by atoms with E-state index in [2.05, 4.69) is 68.7 Å². The second kappa shape index (κ2) is 27.1. The standard InChI is InChI=1S/C68H92N2O16/c1-39(2)20-27-54(72)41(4)68(78)57(35-53-50-26-23-43-34-44(71)28-30-66(43,5)52(50)29-31-67(53,68)6)84-62-40(3)59(55(73)37-80-62)86-63-60(85-61(75)42-21-24-45(79-7)25-22-42)58(74)56(38-81-63)83-65(77)70-33-15-9-8-14-32-69-64(76)82-36-51-48-18-12-10-16-46(48)47-17-11-13-19-49(47)51/h10-13,16-19,21-25,39-41,44,50-53,55-60,62-63,71,73-74,78H,8-9,14-15,20,26-38H2,1-7H3,(H,69,76)(H,70,77)/t40?,41-,44+,50-,52?,53+,55?,56?,57+,58?,59?,60?,62?,63?,66+,67+,68-/m1/s1. The summed E-state index contributed by atoms with van der Waals surface area (Å²) in [4.78, 5) is 54.1. The summed E-state index contributed by atoms with van der Waals surface area (Å²) in [6.07, 6.45) is -0.346. The molecule has 5 aliphatic carbocycles. The van der Waals surface area contributed by atoms with E-state index in [4.69, 9.17) is 37.9 Å². The molecule has 0 aromatic heterocycles. The van der Waals surface area contributed by atoms with E-state index in [1.807, 2.05) is 31.2 Å². The molecule has 0 bridgehead atoms. The number of methoxy groups -OCH3 is 1. The van der Waals surface area contributed by atoms with Crippen LogP contribution in [0.25, 0.3) is 11.1 Å². The molecule has 2 saturated heterocycles. The summed E-state index contributed by atoms with van der Waals surface area (Å²) in [6.45, 7) is 12.7. The number of ketones is 1. The number of nitrogens with one attached hydrogen (secondary N) is 2. The molecule has 2 amide bonds. The van der Waals surface area contributed by atoms with Gasteiger partial charge in [-0.2, -0.15) is 0 Å². The van der Waals surface area contributed by atoms with Gasteiger partial charge in [0.05, 0.1) is 44.2 Å². The van der Waals surface area contributed by atoms with Crippen molar-refractivity contribution in [3.63, 3.8) is 0 Å². The summed E-state index contributed by atoms with van der Waals surface area (Å²) in [5.41, 5.74) is 3.77. The average Bonchev–Trinajstić information content (AvgIpc) is 1.50. The fourth-order valence-corrected chi connectivity index (χ4v) is 16.0. The van der Waals surface area contributed by atoms with Gasteiger partial charge >= 0.3 is 18.2 Å². The van der Waals surface area contributed by atoms with E-state index in [1.54, 1.807) is 19.1 Å². The Labute approximate surface area is 506 Å². The number of carbonyl (C=O) groups excluding carboxylic acids is 4. The molecular weight excluding hydrogens is 1100 g/mol. The number of Topliss-reactive ketones (excluding diaryl/α,β-unsaturated/α-hetero) is 1. The van der Waals surface area contributed by atoms with E-state index in [-0.39, 0.29) is 67.0 Å². The van der Waals surface area contributed by atoms with Gasteiger partial charge in [-0.25, -0.2) is 14.4 Å². The maximum absolute atomic E-state index is 14.3. The molecule has 2 aliphatic heterocycles. The number of aliphatic hydroxyl groups is 4. The predicted octanol–water partition coefficient (Wildman–Crippen LogP) is 9.56. The van der Waals surface area contributed by atoms with Crippen molar-refractivity contribution >= 4 is 23.9 Å². The number of esters is 1. The Bertz CT molecular complexity index is 2840. The van der Waals surface area contributed by atoms with Crippen LogP contribution in [0, 0.1) is 46.3 Å². The van der Waals surface area contributed by atoms with Crippen LogP contribution in [0.2, 0.25) is 0 Å². The van der Waals surface area contributed by atoms with Gasteiger partial charge in [-0.15, -0.1) is 0 Å². The van der Waals surface area contributed by atoms with Gasteiger partial charge in [-0.05, 0) is 140 Å². The molecule has 470 valence electrons. The van der Waals surface area contributed by atoms with Crippen LogP contribution in [0.1, 0.15) is 152 Å². The molecule has 86 heavy (non-hydrogen) atoms. The van der Waals surface area contributed by atoms with Crippen molar-refractivity contribution in [1.82, 2.24) is 10.6 Å². The molecule has 18 heteroatoms. The van der Waals surface area contributed by atoms with Gasteiger partial charge in [-0.3, -0.25) is 4.79 Å². The maximum Gasteiger partial charge on any atom is 0.407 e. The van der Waals surface area contributed by atoms with Crippen LogP contribution in [0.4, 0.5) is 9.59 Å². The lowest BCUT2D eigenvalue weighted by Gasteiger charge is -2.59. The van der Waals surface area contributed by atoms with Crippen molar-refractivity contribution in [2.45, 2.75) is 192 Å². The SMILES string of the molecule is COc1ccc(C(=O)OC2C(OC3C(O)COC(O[C@H]4C[C@H]5[C@@H]6CC=C7C[C@@H](O)CC[C@]7(C)C6CC[C@]5(C)[C@@]4(O)[C@H](C)C(=O)CCC(C)C)C3C)OCC(OC(=O)NCCCCCCNC(=O)OCC3c4ccccc4-c4ccccc43)C2O)cc1. The Morgan fingerprint density at radius 3 is 2.09 bits per heavy atom. The highest BCUT2D eigenvalue weighted by atomic mass is 16.7. The number of hydrogen-bond donors (Lipinski definition) is 6. The molecule has 7 aliphatic rings. The van der Waals surface area contributed by atoms with E-state index < -0.39 is 90.2 Å². The van der Waals surface area contributed by atoms with Crippen molar-refractivity contribution in [2.24, 2.45) is 46.3 Å². The molecule has 6 N–H and O–H groups in total. The smallest absolute Gasteiger partial charge is 0.407 e. The third-order valence-electron chi connectivity index (χ3n) is 21.0. The van der Waals surface area contributed by atoms with Crippen molar-refractivity contribution in [3.05, 3.63) is 101 Å². The molecule has 3 aromatic rings. The second-order valence-electron chi connectivity index (χ2n) is 26.5. The quantitative estimate of drug-likeness (QED) is 0.0237. The highest BCUT2D eigenvalue weighted by Gasteiger charge is 2.70. The number of fused-ring (bicyclic) bond motifs is 8. The maximum atomic E-state index is 14.3. The highest BCUT2D eigenvalue weighted by molar-refractivity contribution is 5.89. The molecule has 3 saturated carbocycles. The minimum absolute atomic E-state index is 0.00961. The van der Waals surface area contributed by atoms with Crippen LogP contribution in [-0.4, -0.2) is 145 Å². The number of benzene rings is 3. The zero-order chi connectivity index (χ0) is 61.1. The molecule has 3 aromatic carbocycles. The van der Waals surface area contributed by atoms with E-state index in [0.29, 0.717) is 69.1 Å². The molecule has 18 nitrogen and oxygen atoms in total. The fourth-order valence-electron chi connectivity index (χ4n) is 16.0. The first-order chi connectivity index (χ1) is 41.2. The Morgan fingerprint density at radius 2 is 1.42 bits per heavy atom. The summed E-state index contributed by atoms with van der Waals surface area (Å²) < 4.78 is 48.7. The minimum Gasteiger partial charge on any atom is -0.497 e. The summed E-state index contributed by atoms with van der Waals surface area (Å²) in [5, 5.41) is 53.5. The third-order valence-corrected chi connectivity index (χ3v) is 21.0. The van der Waals surface area contributed by atoms with Gasteiger partial charge in [0.1, 0.15) is 35.9 Å². The van der Waals surface area contributed by atoms with Crippen LogP contribution < -0.4 is 15.4 Å². The summed E-state index contributed by atoms with van der Waals surface area (Å²) in [6, 6.07) is 22.6. The van der Waals surface area contributed by atoms with Gasteiger partial charge in [0.2, 0.25) is 0 Å². The van der Waals surface area contributed by atoms with E-state index in [9.17, 15) is 39.6 Å².